The fourth-order valence-electron chi connectivity index (χ4n) is 2.68. The van der Waals surface area contributed by atoms with Crippen LogP contribution in [0.5, 0.6) is 5.75 Å². The lowest BCUT2D eigenvalue weighted by Crippen LogP contribution is -2.46. The maximum atomic E-state index is 12.2. The molecule has 1 N–H and O–H groups in total. The molecule has 1 aliphatic heterocycles. The van der Waals surface area contributed by atoms with Crippen molar-refractivity contribution in [2.45, 2.75) is 12.7 Å². The third-order valence-corrected chi connectivity index (χ3v) is 4.91. The number of ether oxygens (including phenoxy) is 1. The van der Waals surface area contributed by atoms with Crippen molar-refractivity contribution in [2.24, 2.45) is 0 Å². The maximum Gasteiger partial charge on any atom is 0.248 e. The van der Waals surface area contributed by atoms with Gasteiger partial charge in [0.05, 0.1) is 27.2 Å². The van der Waals surface area contributed by atoms with E-state index < -0.39 is 109 Å². The Labute approximate surface area is 215 Å². The number of fused-ring (bicyclic) bond motifs is 2. The molecule has 0 aliphatic carbocycles. The van der Waals surface area contributed by atoms with Crippen molar-refractivity contribution < 1.29 is 33.5 Å². The van der Waals surface area contributed by atoms with Crippen molar-refractivity contribution >= 4 is 38.0 Å². The lowest BCUT2D eigenvalue weighted by molar-refractivity contribution is 0.239. The molecule has 0 saturated carbocycles. The van der Waals surface area contributed by atoms with Gasteiger partial charge in [0.15, 0.2) is 0 Å². The van der Waals surface area contributed by atoms with Crippen LogP contribution >= 0.6 is 11.3 Å². The summed E-state index contributed by atoms with van der Waals surface area (Å²) in [6.07, 6.45) is -8.96. The van der Waals surface area contributed by atoms with E-state index in [0.717, 1.165) is 11.3 Å². The molecule has 0 amide bonds. The minimum atomic E-state index is -4.53. The predicted molar refractivity (Wildman–Crippen MR) is 130 cm³/mol. The number of hydrogen-bond donors (Lipinski definition) is 1. The zero-order valence-electron chi connectivity index (χ0n) is 36.5. The molecule has 1 fully saturated rings. The molecule has 0 spiro atoms. The second-order valence-electron chi connectivity index (χ2n) is 5.95. The maximum absolute atomic E-state index is 12.2. The Morgan fingerprint density at radius 3 is 2.90 bits per heavy atom. The van der Waals surface area contributed by atoms with Gasteiger partial charge in [-0.05, 0) is 66.3 Å². The van der Waals surface area contributed by atoms with Crippen LogP contribution in [-0.4, -0.2) is 48.9 Å². The number of piperazine rings is 1. The Balaban J connectivity index is 1.64. The Morgan fingerprint density at radius 1 is 1.13 bits per heavy atom. The largest absolute Gasteiger partial charge is 0.494 e. The van der Waals surface area contributed by atoms with Gasteiger partial charge < -0.3 is 14.6 Å². The third kappa shape index (κ3) is 4.60. The molecule has 0 atom stereocenters. The number of H-pyrrole nitrogens is 1. The second-order valence-corrected chi connectivity index (χ2v) is 6.90. The highest BCUT2D eigenvalue weighted by Gasteiger charge is 2.18. The van der Waals surface area contributed by atoms with Crippen LogP contribution in [0.25, 0.3) is 21.0 Å². The summed E-state index contributed by atoms with van der Waals surface area (Å²) in [7, 11) is 0. The van der Waals surface area contributed by atoms with E-state index in [1.807, 2.05) is 4.98 Å². The first kappa shape index (κ1) is 7.36. The van der Waals surface area contributed by atoms with Gasteiger partial charge in [0.2, 0.25) is 5.56 Å². The highest BCUT2D eigenvalue weighted by Crippen LogP contribution is 2.31. The SMILES string of the molecule is [2H]c1c(OC([2H])([2H])C([2H])([2H])C([2H])([2H])C([2H])([2H])N2C([2H])([2H])C([2H])([2H])N(c3cccc4sccc34)C([2H])([2H])C2([2H])[2H])c([2H])c2[nH]c(=O)c([2H])c([2H])c2c1[2H]. The Hall–Kier alpha value is -2.83. The molecule has 5 nitrogen and oxygen atoms in total. The molecule has 1 saturated heterocycles. The Bertz CT molecular complexity index is 2140. The first-order valence-electron chi connectivity index (χ1n) is 19.3. The minimum absolute atomic E-state index is 0.119. The second kappa shape index (κ2) is 9.12. The van der Waals surface area contributed by atoms with Gasteiger partial charge in [-0.1, -0.05) is 6.07 Å². The number of nitrogens with zero attached hydrogens (tertiary/aromatic N) is 2. The summed E-state index contributed by atoms with van der Waals surface area (Å²) in [6.45, 7) is -24.4. The van der Waals surface area contributed by atoms with Crippen molar-refractivity contribution in [3.05, 3.63) is 70.2 Å². The Kier molecular flexibility index (Phi) is 2.16. The van der Waals surface area contributed by atoms with Crippen molar-refractivity contribution in [2.75, 3.05) is 43.9 Å². The normalized spacial score (nSPS) is 33.3. The van der Waals surface area contributed by atoms with Crippen LogP contribution in [0, 0.1) is 0 Å². The lowest BCUT2D eigenvalue weighted by Gasteiger charge is -2.36. The van der Waals surface area contributed by atoms with Crippen LogP contribution in [0.15, 0.2) is 64.7 Å². The molecular formula is C25H27N3O2S. The summed E-state index contributed by atoms with van der Waals surface area (Å²) in [5, 5.41) is 1.12. The number of benzene rings is 2. The van der Waals surface area contributed by atoms with E-state index in [0.29, 0.717) is 4.70 Å². The molecule has 0 unspecified atom stereocenters. The summed E-state index contributed by atoms with van der Waals surface area (Å²) in [5.74, 6) is -1.30. The summed E-state index contributed by atoms with van der Waals surface area (Å²) in [5.41, 5.74) is -2.28. The summed E-state index contributed by atoms with van der Waals surface area (Å²) < 4.78 is 185. The van der Waals surface area contributed by atoms with Gasteiger partial charge in [0.1, 0.15) is 5.75 Å². The fourth-order valence-corrected chi connectivity index (χ4v) is 3.49. The highest BCUT2D eigenvalue weighted by atomic mass is 32.1. The molecule has 6 heteroatoms. The minimum Gasteiger partial charge on any atom is -0.494 e. The van der Waals surface area contributed by atoms with E-state index in [4.69, 9.17) is 33.5 Å². The van der Waals surface area contributed by atoms with Gasteiger partial charge in [-0.2, -0.15) is 0 Å². The molecule has 5 rings (SSSR count). The number of pyridine rings is 1. The van der Waals surface area contributed by atoms with Crippen molar-refractivity contribution in [3.63, 3.8) is 0 Å². The van der Waals surface area contributed by atoms with Crippen molar-refractivity contribution in [1.82, 2.24) is 9.88 Å². The van der Waals surface area contributed by atoms with Gasteiger partial charge in [-0.15, -0.1) is 11.3 Å². The van der Waals surface area contributed by atoms with Crippen LogP contribution in [-0.2, 0) is 0 Å². The van der Waals surface area contributed by atoms with Crippen LogP contribution < -0.4 is 15.2 Å². The lowest BCUT2D eigenvalue weighted by atomic mass is 10.2. The zero-order chi connectivity index (χ0) is 39.7. The zero-order valence-corrected chi connectivity index (χ0v) is 16.3. The number of rotatable bonds is 7. The molecule has 31 heavy (non-hydrogen) atoms. The fraction of sp³-hybridized carbons (Fsp3) is 0.320. The molecule has 3 heterocycles. The molecule has 4 aromatic rings. The highest BCUT2D eigenvalue weighted by molar-refractivity contribution is 7.17. The first-order chi connectivity index (χ1) is 23.4. The molecule has 160 valence electrons. The van der Waals surface area contributed by atoms with E-state index in [1.165, 1.54) is 18.2 Å². The van der Waals surface area contributed by atoms with Crippen LogP contribution in [0.2, 0.25) is 0 Å². The standard InChI is InChI=1S/C25H27N3O2S/c29-25-9-7-19-6-8-20(18-22(19)26-25)30-16-2-1-11-27-12-14-28(15-13-27)23-4-3-5-24-21(23)10-17-31-24/h3-10,17-18H,1-2,11-16H2,(H,26,29)/i1D2,2D2,6D,7D,8D,9D,11D2,12D2,13D2,14D2,15D2,16D2,18D. The van der Waals surface area contributed by atoms with E-state index in [-0.39, 0.29) is 16.0 Å². The van der Waals surface area contributed by atoms with Crippen LogP contribution in [0.1, 0.15) is 41.5 Å². The molecule has 2 aromatic carbocycles. The van der Waals surface area contributed by atoms with E-state index in [2.05, 4.69) is 0 Å². The number of thiophene rings is 1. The summed E-state index contributed by atoms with van der Waals surface area (Å²) >= 11 is 1.15. The van der Waals surface area contributed by atoms with Crippen molar-refractivity contribution in [3.8, 4) is 5.75 Å². The summed E-state index contributed by atoms with van der Waals surface area (Å²) in [4.78, 5) is 13.5. The smallest absolute Gasteiger partial charge is 0.248 e. The summed E-state index contributed by atoms with van der Waals surface area (Å²) in [6, 6.07) is 0.445. The number of aromatic nitrogens is 1. The monoisotopic (exact) mass is 454 g/mol. The molecule has 1 aliphatic rings. The van der Waals surface area contributed by atoms with Crippen molar-refractivity contribution in [1.29, 1.82) is 0 Å². The van der Waals surface area contributed by atoms with Gasteiger partial charge in [0, 0.05) is 67.6 Å². The van der Waals surface area contributed by atoms with Gasteiger partial charge in [-0.3, -0.25) is 9.69 Å². The number of nitrogens with one attached hydrogen (secondary N) is 1. The molecule has 2 aromatic heterocycles. The van der Waals surface area contributed by atoms with Gasteiger partial charge in [-0.25, -0.2) is 0 Å². The number of anilines is 1. The topological polar surface area (TPSA) is 48.6 Å². The molecule has 0 radical (unpaired) electrons. The van der Waals surface area contributed by atoms with Gasteiger partial charge in [0.25, 0.3) is 0 Å². The molecule has 0 bridgehead atoms. The molecular weight excluding hydrogens is 406 g/mol. The van der Waals surface area contributed by atoms with E-state index in [9.17, 15) is 4.79 Å². The van der Waals surface area contributed by atoms with E-state index >= 15 is 0 Å². The average molecular weight is 455 g/mol. The number of hydrogen-bond acceptors (Lipinski definition) is 5. The van der Waals surface area contributed by atoms with Crippen LogP contribution in [0.4, 0.5) is 5.69 Å². The van der Waals surface area contributed by atoms with E-state index in [1.54, 1.807) is 11.4 Å². The van der Waals surface area contributed by atoms with Gasteiger partial charge >= 0.3 is 0 Å². The average Bonchev–Trinajstić information content (AvgIpc) is 3.49. The Morgan fingerprint density at radius 2 is 2.00 bits per heavy atom. The first-order valence-corrected chi connectivity index (χ1v) is 9.64. The number of aromatic amines is 1. The third-order valence-electron chi connectivity index (χ3n) is 4.02. The van der Waals surface area contributed by atoms with Crippen LogP contribution in [0.3, 0.4) is 0 Å². The quantitative estimate of drug-likeness (QED) is 0.439. The predicted octanol–water partition coefficient (Wildman–Crippen LogP) is 4.72.